The van der Waals surface area contributed by atoms with Crippen LogP contribution in [-0.4, -0.2) is 0 Å². The molecule has 0 fully saturated rings. The largest absolute Gasteiger partial charge is 0.0776 e. The van der Waals surface area contributed by atoms with Crippen molar-refractivity contribution in [3.63, 3.8) is 0 Å². The number of hydrogen-bond donors (Lipinski definition) is 0. The molecule has 76 valence electrons. The van der Waals surface area contributed by atoms with E-state index in [1.54, 1.807) is 0 Å². The molecular weight excluding hydrogens is 132 g/mol. The van der Waals surface area contributed by atoms with Gasteiger partial charge < -0.3 is 0 Å². The lowest BCUT2D eigenvalue weighted by molar-refractivity contribution is 1.09. The summed E-state index contributed by atoms with van der Waals surface area (Å²) >= 11 is 0. The predicted molar refractivity (Wildman–Crippen MR) is 61.4 cm³/mol. The third-order valence-electron chi connectivity index (χ3n) is 0. The summed E-state index contributed by atoms with van der Waals surface area (Å²) in [7, 11) is 0. The van der Waals surface area contributed by atoms with Crippen LogP contribution in [0, 0.1) is 0 Å². The molecule has 0 heterocycles. The minimum atomic E-state index is 0. The van der Waals surface area contributed by atoms with E-state index in [0.29, 0.717) is 0 Å². The fraction of sp³-hybridized carbons (Fsp3) is 1.00. The van der Waals surface area contributed by atoms with Crippen LogP contribution < -0.4 is 0 Å². The van der Waals surface area contributed by atoms with Crippen molar-refractivity contribution in [2.75, 3.05) is 0 Å². The molecule has 0 radical (unpaired) electrons. The molecule has 0 aromatic heterocycles. The minimum Gasteiger partial charge on any atom is -0.0776 e. The van der Waals surface area contributed by atoms with E-state index in [2.05, 4.69) is 27.7 Å². The molecule has 0 nitrogen and oxygen atoms in total. The van der Waals surface area contributed by atoms with E-state index < -0.39 is 0 Å². The normalized spacial score (nSPS) is 4.36. The van der Waals surface area contributed by atoms with E-state index in [1.165, 1.54) is 12.8 Å². The molecule has 0 bridgehead atoms. The topological polar surface area (TPSA) is 0 Å². The Kier molecular flexibility index (Phi) is 562. The first-order valence-electron chi connectivity index (χ1n) is 4.83. The molecule has 0 saturated heterocycles. The molecule has 0 aliphatic carbocycles. The van der Waals surface area contributed by atoms with Crippen LogP contribution in [0.2, 0.25) is 0 Å². The van der Waals surface area contributed by atoms with E-state index in [-0.39, 0.29) is 7.43 Å². The monoisotopic (exact) mass is 164 g/mol. The highest BCUT2D eigenvalue weighted by molar-refractivity contribution is 3.92. The van der Waals surface area contributed by atoms with Crippen molar-refractivity contribution in [3.8, 4) is 0 Å². The Bertz CT molecular complexity index is 2.00. The highest BCUT2D eigenvalue weighted by Crippen LogP contribution is 1.56. The van der Waals surface area contributed by atoms with Gasteiger partial charge in [0.25, 0.3) is 0 Å². The highest BCUT2D eigenvalue weighted by atomic mass is 13.4. The quantitative estimate of drug-likeness (QED) is 0.442. The lowest BCUT2D eigenvalue weighted by Gasteiger charge is -1.48. The van der Waals surface area contributed by atoms with E-state index in [1.807, 2.05) is 27.7 Å². The van der Waals surface area contributed by atoms with Crippen LogP contribution >= 0.6 is 0 Å². The summed E-state index contributed by atoms with van der Waals surface area (Å²) in [5.74, 6) is 0. The van der Waals surface area contributed by atoms with Crippen LogP contribution in [-0.2, 0) is 0 Å². The van der Waals surface area contributed by atoms with E-state index >= 15 is 0 Å². The van der Waals surface area contributed by atoms with Crippen molar-refractivity contribution < 1.29 is 0 Å². The Morgan fingerprint density at radius 3 is 0.545 bits per heavy atom. The minimum absolute atomic E-state index is 0. The molecule has 0 heteroatoms. The van der Waals surface area contributed by atoms with Gasteiger partial charge in [-0.2, -0.15) is 0 Å². The molecule has 11 heavy (non-hydrogen) atoms. The van der Waals surface area contributed by atoms with Crippen LogP contribution in [0.3, 0.4) is 0 Å². The first-order valence-corrected chi connectivity index (χ1v) is 4.83. The maximum Gasteiger partial charge on any atom is -0.0590 e. The Balaban J connectivity index is -0.0000000144. The maximum atomic E-state index is 2.12. The van der Waals surface area contributed by atoms with Gasteiger partial charge in [0.15, 0.2) is 0 Å². The molecule has 0 saturated carbocycles. The van der Waals surface area contributed by atoms with Crippen LogP contribution in [0.15, 0.2) is 0 Å². The van der Waals surface area contributed by atoms with Gasteiger partial charge in [0, 0.05) is 0 Å². The number of hydrogen-bond acceptors (Lipinski definition) is 0. The Labute approximate surface area is 76.4 Å². The summed E-state index contributed by atoms with van der Waals surface area (Å²) in [5.41, 5.74) is 0. The molecule has 0 aromatic carbocycles. The van der Waals surface area contributed by atoms with Gasteiger partial charge >= 0.3 is 0 Å². The van der Waals surface area contributed by atoms with Gasteiger partial charge in [0.1, 0.15) is 0 Å². The predicted octanol–water partition coefficient (Wildman–Crippen LogP) is 5.52. The average molecular weight is 164 g/mol. The SMILES string of the molecule is C.CC.CC.CCC.CCC. The van der Waals surface area contributed by atoms with Gasteiger partial charge in [-0.3, -0.25) is 0 Å². The zero-order valence-electron chi connectivity index (χ0n) is 9.41. The van der Waals surface area contributed by atoms with Gasteiger partial charge in [-0.15, -0.1) is 0 Å². The first-order chi connectivity index (χ1) is 4.83. The van der Waals surface area contributed by atoms with Crippen molar-refractivity contribution >= 4 is 0 Å². The molecule has 0 atom stereocenters. The Morgan fingerprint density at radius 1 is 0.545 bits per heavy atom. The second kappa shape index (κ2) is 202. The van der Waals surface area contributed by atoms with Crippen molar-refractivity contribution in [2.24, 2.45) is 0 Å². The van der Waals surface area contributed by atoms with E-state index in [0.717, 1.165) is 0 Å². The summed E-state index contributed by atoms with van der Waals surface area (Å²) < 4.78 is 0. The summed E-state index contributed by atoms with van der Waals surface area (Å²) in [4.78, 5) is 0. The van der Waals surface area contributed by atoms with Gasteiger partial charge in [-0.1, -0.05) is 75.7 Å². The molecule has 0 unspecified atom stereocenters. The lowest BCUT2D eigenvalue weighted by atomic mass is 10.6. The molecule has 0 spiro atoms. The standard InChI is InChI=1S/2C3H8.2C2H6.CH4/c2*1-3-2;2*1-2;/h2*3H2,1-2H3;2*1-2H3;1H4. The van der Waals surface area contributed by atoms with Crippen molar-refractivity contribution in [2.45, 2.75) is 75.7 Å². The summed E-state index contributed by atoms with van der Waals surface area (Å²) in [6, 6.07) is 0. The smallest absolute Gasteiger partial charge is 0.0590 e. The number of rotatable bonds is 0. The third-order valence-corrected chi connectivity index (χ3v) is 0. The second-order valence-corrected chi connectivity index (χ2v) is 1.41. The van der Waals surface area contributed by atoms with Crippen LogP contribution in [0.1, 0.15) is 75.7 Å². The molecule has 0 N–H and O–H groups in total. The molecule has 0 aromatic rings. The van der Waals surface area contributed by atoms with Crippen molar-refractivity contribution in [3.05, 3.63) is 0 Å². The summed E-state index contributed by atoms with van der Waals surface area (Å²) in [5, 5.41) is 0. The van der Waals surface area contributed by atoms with Crippen molar-refractivity contribution in [1.82, 2.24) is 0 Å². The molecule has 0 rings (SSSR count). The Morgan fingerprint density at radius 2 is 0.545 bits per heavy atom. The van der Waals surface area contributed by atoms with Gasteiger partial charge in [-0.05, 0) is 0 Å². The van der Waals surface area contributed by atoms with E-state index in [9.17, 15) is 0 Å². The molecule has 0 aliphatic heterocycles. The third kappa shape index (κ3) is 0. The molecule has 0 aliphatic rings. The molecule has 0 amide bonds. The van der Waals surface area contributed by atoms with Gasteiger partial charge in [-0.25, -0.2) is 0 Å². The summed E-state index contributed by atoms with van der Waals surface area (Å²) in [6.45, 7) is 16.5. The fourth-order valence-corrected chi connectivity index (χ4v) is 0. The van der Waals surface area contributed by atoms with Gasteiger partial charge in [0.05, 0.1) is 0 Å². The maximum absolute atomic E-state index is 2.12. The lowest BCUT2D eigenvalue weighted by Crippen LogP contribution is -1.27. The van der Waals surface area contributed by atoms with Crippen molar-refractivity contribution in [1.29, 1.82) is 0 Å². The fourth-order valence-electron chi connectivity index (χ4n) is 0. The van der Waals surface area contributed by atoms with Crippen LogP contribution in [0.4, 0.5) is 0 Å². The highest BCUT2D eigenvalue weighted by Gasteiger charge is 1.36. The Hall–Kier alpha value is 0. The molecular formula is C11H32. The van der Waals surface area contributed by atoms with Crippen LogP contribution in [0.25, 0.3) is 0 Å². The first kappa shape index (κ1) is 30.6. The van der Waals surface area contributed by atoms with Crippen LogP contribution in [0.5, 0.6) is 0 Å². The second-order valence-electron chi connectivity index (χ2n) is 1.41. The van der Waals surface area contributed by atoms with Gasteiger partial charge in [0.2, 0.25) is 0 Å². The van der Waals surface area contributed by atoms with E-state index in [4.69, 9.17) is 0 Å². The zero-order valence-corrected chi connectivity index (χ0v) is 9.41. The summed E-state index contributed by atoms with van der Waals surface area (Å²) in [6.07, 6.45) is 2.50. The average Bonchev–Trinajstić information content (AvgIpc) is 1.99. The zero-order chi connectivity index (χ0) is 9.41.